The summed E-state index contributed by atoms with van der Waals surface area (Å²) in [7, 11) is 0. The van der Waals surface area contributed by atoms with E-state index in [1.165, 1.54) is 6.07 Å². The SMILES string of the molecule is CC1(C2CC2)Nc2cc(F)cc(F)c2NC1=O. The molecule has 3 nitrogen and oxygen atoms in total. The molecule has 1 aliphatic heterocycles. The Morgan fingerprint density at radius 2 is 2.06 bits per heavy atom. The largest absolute Gasteiger partial charge is 0.369 e. The highest BCUT2D eigenvalue weighted by molar-refractivity contribution is 6.06. The van der Waals surface area contributed by atoms with Crippen LogP contribution in [-0.2, 0) is 4.79 Å². The number of carbonyl (C=O) groups excluding carboxylic acids is 1. The van der Waals surface area contributed by atoms with Crippen LogP contribution >= 0.6 is 0 Å². The summed E-state index contributed by atoms with van der Waals surface area (Å²) in [6, 6.07) is 1.97. The van der Waals surface area contributed by atoms with Gasteiger partial charge in [-0.05, 0) is 31.7 Å². The van der Waals surface area contributed by atoms with Crippen molar-refractivity contribution in [2.75, 3.05) is 10.6 Å². The van der Waals surface area contributed by atoms with Gasteiger partial charge in [-0.3, -0.25) is 4.79 Å². The van der Waals surface area contributed by atoms with Crippen molar-refractivity contribution in [3.05, 3.63) is 23.8 Å². The molecule has 0 aromatic heterocycles. The molecule has 3 rings (SSSR count). The summed E-state index contributed by atoms with van der Waals surface area (Å²) in [5, 5.41) is 5.50. The first-order valence-electron chi connectivity index (χ1n) is 5.59. The fraction of sp³-hybridized carbons (Fsp3) is 0.417. The van der Waals surface area contributed by atoms with E-state index in [1.54, 1.807) is 6.92 Å². The lowest BCUT2D eigenvalue weighted by Gasteiger charge is -2.36. The van der Waals surface area contributed by atoms with Crippen LogP contribution in [0.25, 0.3) is 0 Å². The number of amides is 1. The Morgan fingerprint density at radius 1 is 1.35 bits per heavy atom. The minimum Gasteiger partial charge on any atom is -0.369 e. The van der Waals surface area contributed by atoms with Crippen LogP contribution in [0.15, 0.2) is 12.1 Å². The van der Waals surface area contributed by atoms with Crippen LogP contribution in [0, 0.1) is 17.6 Å². The topological polar surface area (TPSA) is 41.1 Å². The molecule has 1 aromatic carbocycles. The molecule has 1 saturated carbocycles. The zero-order valence-corrected chi connectivity index (χ0v) is 9.31. The quantitative estimate of drug-likeness (QED) is 0.789. The molecule has 1 aromatic rings. The molecule has 5 heteroatoms. The normalized spacial score (nSPS) is 27.1. The molecule has 1 amide bonds. The Labute approximate surface area is 97.2 Å². The summed E-state index contributed by atoms with van der Waals surface area (Å²) in [5.41, 5.74) is -0.404. The molecule has 17 heavy (non-hydrogen) atoms. The van der Waals surface area contributed by atoms with E-state index >= 15 is 0 Å². The van der Waals surface area contributed by atoms with Gasteiger partial charge in [0, 0.05) is 6.07 Å². The van der Waals surface area contributed by atoms with Gasteiger partial charge in [0.15, 0.2) is 5.82 Å². The van der Waals surface area contributed by atoms with E-state index < -0.39 is 17.2 Å². The van der Waals surface area contributed by atoms with Crippen molar-refractivity contribution in [3.63, 3.8) is 0 Å². The number of halogens is 2. The maximum atomic E-state index is 13.5. The number of nitrogens with one attached hydrogen (secondary N) is 2. The number of fused-ring (bicyclic) bond motifs is 1. The molecular formula is C12H12F2N2O. The fourth-order valence-electron chi connectivity index (χ4n) is 2.33. The third-order valence-electron chi connectivity index (χ3n) is 3.55. The van der Waals surface area contributed by atoms with Gasteiger partial charge in [-0.25, -0.2) is 8.78 Å². The van der Waals surface area contributed by atoms with Crippen LogP contribution in [0.5, 0.6) is 0 Å². The van der Waals surface area contributed by atoms with Gasteiger partial charge < -0.3 is 10.6 Å². The Hall–Kier alpha value is -1.65. The van der Waals surface area contributed by atoms with Crippen LogP contribution in [0.2, 0.25) is 0 Å². The summed E-state index contributed by atoms with van der Waals surface area (Å²) in [4.78, 5) is 12.0. The average molecular weight is 238 g/mol. The maximum absolute atomic E-state index is 13.5. The first kappa shape index (κ1) is 10.5. The molecular weight excluding hydrogens is 226 g/mol. The lowest BCUT2D eigenvalue weighted by Crippen LogP contribution is -2.52. The van der Waals surface area contributed by atoms with E-state index in [2.05, 4.69) is 10.6 Å². The second-order valence-corrected chi connectivity index (χ2v) is 4.87. The molecule has 0 bridgehead atoms. The molecule has 0 spiro atoms. The maximum Gasteiger partial charge on any atom is 0.250 e. The fourth-order valence-corrected chi connectivity index (χ4v) is 2.33. The molecule has 2 aliphatic rings. The first-order valence-corrected chi connectivity index (χ1v) is 5.59. The zero-order chi connectivity index (χ0) is 12.2. The van der Waals surface area contributed by atoms with Crippen molar-refractivity contribution >= 4 is 17.3 Å². The van der Waals surface area contributed by atoms with Crippen molar-refractivity contribution in [2.24, 2.45) is 5.92 Å². The van der Waals surface area contributed by atoms with Gasteiger partial charge >= 0.3 is 0 Å². The molecule has 90 valence electrons. The third kappa shape index (κ3) is 1.49. The summed E-state index contributed by atoms with van der Waals surface area (Å²) < 4.78 is 26.6. The van der Waals surface area contributed by atoms with E-state index in [0.717, 1.165) is 18.9 Å². The second-order valence-electron chi connectivity index (χ2n) is 4.87. The van der Waals surface area contributed by atoms with Crippen LogP contribution in [0.4, 0.5) is 20.2 Å². The number of rotatable bonds is 1. The van der Waals surface area contributed by atoms with E-state index in [9.17, 15) is 13.6 Å². The van der Waals surface area contributed by atoms with Crippen molar-refractivity contribution in [1.29, 1.82) is 0 Å². The van der Waals surface area contributed by atoms with Crippen LogP contribution < -0.4 is 10.6 Å². The lowest BCUT2D eigenvalue weighted by atomic mass is 9.91. The van der Waals surface area contributed by atoms with E-state index in [4.69, 9.17) is 0 Å². The highest BCUT2D eigenvalue weighted by Gasteiger charge is 2.49. The Balaban J connectivity index is 2.07. The van der Waals surface area contributed by atoms with Crippen molar-refractivity contribution < 1.29 is 13.6 Å². The number of hydrogen-bond donors (Lipinski definition) is 2. The van der Waals surface area contributed by atoms with Gasteiger partial charge in [0.1, 0.15) is 17.0 Å². The molecule has 1 unspecified atom stereocenters. The monoisotopic (exact) mass is 238 g/mol. The number of anilines is 2. The summed E-state index contributed by atoms with van der Waals surface area (Å²) >= 11 is 0. The van der Waals surface area contributed by atoms with E-state index in [-0.39, 0.29) is 17.5 Å². The van der Waals surface area contributed by atoms with E-state index in [1.807, 2.05) is 0 Å². The van der Waals surface area contributed by atoms with Gasteiger partial charge in [-0.2, -0.15) is 0 Å². The van der Waals surface area contributed by atoms with Gasteiger partial charge in [0.05, 0.1) is 5.69 Å². The van der Waals surface area contributed by atoms with Crippen LogP contribution in [-0.4, -0.2) is 11.4 Å². The zero-order valence-electron chi connectivity index (χ0n) is 9.31. The molecule has 0 radical (unpaired) electrons. The van der Waals surface area contributed by atoms with Crippen LogP contribution in [0.3, 0.4) is 0 Å². The number of carbonyl (C=O) groups is 1. The Kier molecular flexibility index (Phi) is 1.97. The summed E-state index contributed by atoms with van der Waals surface area (Å²) in [6.07, 6.45) is 1.92. The average Bonchev–Trinajstić information content (AvgIpc) is 3.04. The number of hydrogen-bond acceptors (Lipinski definition) is 2. The van der Waals surface area contributed by atoms with Crippen LogP contribution in [0.1, 0.15) is 19.8 Å². The summed E-state index contributed by atoms with van der Waals surface area (Å²) in [5.74, 6) is -1.42. The molecule has 1 aliphatic carbocycles. The Morgan fingerprint density at radius 3 is 2.71 bits per heavy atom. The van der Waals surface area contributed by atoms with Gasteiger partial charge in [-0.15, -0.1) is 0 Å². The van der Waals surface area contributed by atoms with Crippen molar-refractivity contribution in [1.82, 2.24) is 0 Å². The van der Waals surface area contributed by atoms with Gasteiger partial charge in [0.25, 0.3) is 0 Å². The Bertz CT molecular complexity index is 513. The summed E-state index contributed by atoms with van der Waals surface area (Å²) in [6.45, 7) is 1.77. The number of benzene rings is 1. The molecule has 0 saturated heterocycles. The second kappa shape index (κ2) is 3.18. The predicted molar refractivity (Wildman–Crippen MR) is 59.7 cm³/mol. The highest BCUT2D eigenvalue weighted by Crippen LogP contribution is 2.45. The van der Waals surface area contributed by atoms with Gasteiger partial charge in [-0.1, -0.05) is 0 Å². The molecule has 1 fully saturated rings. The van der Waals surface area contributed by atoms with Crippen molar-refractivity contribution in [3.8, 4) is 0 Å². The van der Waals surface area contributed by atoms with Gasteiger partial charge in [0.2, 0.25) is 5.91 Å². The smallest absolute Gasteiger partial charge is 0.250 e. The lowest BCUT2D eigenvalue weighted by molar-refractivity contribution is -0.120. The minimum absolute atomic E-state index is 0.0366. The standard InChI is InChI=1S/C12H12F2N2O/c1-12(6-2-3-6)11(17)15-10-8(14)4-7(13)5-9(10)16-12/h4-6,16H,2-3H2,1H3,(H,15,17). The first-order chi connectivity index (χ1) is 8.00. The molecule has 1 atom stereocenters. The third-order valence-corrected chi connectivity index (χ3v) is 3.55. The molecule has 2 N–H and O–H groups in total. The highest BCUT2D eigenvalue weighted by atomic mass is 19.1. The van der Waals surface area contributed by atoms with Crippen molar-refractivity contribution in [2.45, 2.75) is 25.3 Å². The van der Waals surface area contributed by atoms with E-state index in [0.29, 0.717) is 5.69 Å². The minimum atomic E-state index is -0.757. The predicted octanol–water partition coefficient (Wildman–Crippen LogP) is 2.50. The molecule has 1 heterocycles.